The third-order valence-electron chi connectivity index (χ3n) is 10.8. The van der Waals surface area contributed by atoms with Gasteiger partial charge >= 0.3 is 0 Å². The number of nitrogens with zero attached hydrogens (tertiary/aromatic N) is 2. The van der Waals surface area contributed by atoms with Gasteiger partial charge in [0, 0.05) is 43.6 Å². The van der Waals surface area contributed by atoms with Crippen LogP contribution in [0, 0.1) is 0 Å². The molecule has 0 radical (unpaired) electrons. The first-order valence-electron chi connectivity index (χ1n) is 17.7. The molecule has 0 bridgehead atoms. The SMILES string of the molecule is OC1C(OCc2ccccc2)CCCC1n1c2ccccc2c2ccccc21.O[C@@H]1[C@H](O)CCC[C@H]1n1c2ccccc2c2ccccc21. The fourth-order valence-electron chi connectivity index (χ4n) is 8.39. The van der Waals surface area contributed by atoms with Crippen molar-refractivity contribution in [1.29, 1.82) is 0 Å². The molecule has 2 aromatic heterocycles. The van der Waals surface area contributed by atoms with Crippen molar-refractivity contribution in [3.63, 3.8) is 0 Å². The van der Waals surface area contributed by atoms with Crippen LogP contribution in [0.1, 0.15) is 56.2 Å². The Morgan fingerprint density at radius 2 is 0.878 bits per heavy atom. The first-order chi connectivity index (χ1) is 24.1. The van der Waals surface area contributed by atoms with Crippen molar-refractivity contribution < 1.29 is 20.1 Å². The lowest BCUT2D eigenvalue weighted by Crippen LogP contribution is -2.40. The number of para-hydroxylation sites is 4. The Kier molecular flexibility index (Phi) is 8.96. The molecule has 0 spiro atoms. The number of aliphatic hydroxyl groups excluding tert-OH is 3. The molecular weight excluding hydrogens is 608 g/mol. The molecule has 2 saturated carbocycles. The molecule has 7 aromatic rings. The monoisotopic (exact) mass is 652 g/mol. The lowest BCUT2D eigenvalue weighted by molar-refractivity contribution is -0.0858. The number of ether oxygens (including phenoxy) is 1. The molecule has 0 amide bonds. The van der Waals surface area contributed by atoms with Gasteiger partial charge in [-0.25, -0.2) is 0 Å². The Labute approximate surface area is 286 Å². The zero-order valence-corrected chi connectivity index (χ0v) is 27.7. The van der Waals surface area contributed by atoms with Crippen LogP contribution in [0.3, 0.4) is 0 Å². The van der Waals surface area contributed by atoms with E-state index in [1.807, 2.05) is 42.5 Å². The van der Waals surface area contributed by atoms with Crippen LogP contribution in [-0.2, 0) is 11.3 Å². The molecule has 2 aliphatic rings. The topological polar surface area (TPSA) is 79.8 Å². The van der Waals surface area contributed by atoms with Gasteiger partial charge in [0.15, 0.2) is 0 Å². The summed E-state index contributed by atoms with van der Waals surface area (Å²) < 4.78 is 10.7. The lowest BCUT2D eigenvalue weighted by atomic mass is 9.89. The molecule has 2 fully saturated rings. The van der Waals surface area contributed by atoms with E-state index < -0.39 is 18.3 Å². The molecular formula is C43H44N2O4. The molecule has 3 N–H and O–H groups in total. The third-order valence-corrected chi connectivity index (χ3v) is 10.8. The van der Waals surface area contributed by atoms with Gasteiger partial charge in [-0.2, -0.15) is 0 Å². The minimum atomic E-state index is -0.696. The number of hydrogen-bond donors (Lipinski definition) is 3. The molecule has 49 heavy (non-hydrogen) atoms. The van der Waals surface area contributed by atoms with E-state index in [4.69, 9.17) is 4.74 Å². The van der Waals surface area contributed by atoms with Gasteiger partial charge in [-0.3, -0.25) is 0 Å². The van der Waals surface area contributed by atoms with Crippen molar-refractivity contribution in [2.45, 2.75) is 81.6 Å². The highest BCUT2D eigenvalue weighted by molar-refractivity contribution is 6.09. The number of rotatable bonds is 5. The largest absolute Gasteiger partial charge is 0.390 e. The average molecular weight is 653 g/mol. The molecule has 5 aromatic carbocycles. The maximum Gasteiger partial charge on any atom is 0.101 e. The van der Waals surface area contributed by atoms with Gasteiger partial charge in [0.25, 0.3) is 0 Å². The molecule has 0 saturated heterocycles. The molecule has 6 nitrogen and oxygen atoms in total. The summed E-state index contributed by atoms with van der Waals surface area (Å²) in [5.74, 6) is 0. The van der Waals surface area contributed by atoms with Crippen LogP contribution in [0.5, 0.6) is 0 Å². The van der Waals surface area contributed by atoms with E-state index in [9.17, 15) is 15.3 Å². The molecule has 2 heterocycles. The smallest absolute Gasteiger partial charge is 0.101 e. The molecule has 9 rings (SSSR count). The standard InChI is InChI=1S/C25H25NO2.C18H19NO2/c27-25-23(15-8-16-24(25)28-17-18-9-2-1-3-10-18)26-21-13-6-4-11-19(21)20-12-5-7-14-22(20)26;20-17-11-5-10-16(18(17)21)19-14-8-3-1-6-12(14)13-7-2-4-9-15(13)19/h1-7,9-14,23-25,27H,8,15-17H2;1-4,6-9,16-18,20-21H,5,10-11H2/t;16-,17-,18+/m.1/s1. The molecule has 0 aliphatic heterocycles. The zero-order valence-electron chi connectivity index (χ0n) is 27.7. The zero-order chi connectivity index (χ0) is 33.3. The minimum Gasteiger partial charge on any atom is -0.390 e. The fraction of sp³-hybridized carbons (Fsp3) is 0.302. The van der Waals surface area contributed by atoms with Gasteiger partial charge in [0.05, 0.1) is 30.9 Å². The van der Waals surface area contributed by atoms with Gasteiger partial charge in [-0.05, 0) is 68.4 Å². The second-order valence-corrected chi connectivity index (χ2v) is 13.7. The normalized spacial score (nSPS) is 24.3. The maximum absolute atomic E-state index is 11.3. The van der Waals surface area contributed by atoms with E-state index in [-0.39, 0.29) is 18.2 Å². The molecule has 6 heteroatoms. The summed E-state index contributed by atoms with van der Waals surface area (Å²) in [6, 6.07) is 43.8. The Bertz CT molecular complexity index is 2080. The Morgan fingerprint density at radius 1 is 0.469 bits per heavy atom. The molecule has 6 atom stereocenters. The lowest BCUT2D eigenvalue weighted by Gasteiger charge is -2.36. The predicted octanol–water partition coefficient (Wildman–Crippen LogP) is 8.71. The quantitative estimate of drug-likeness (QED) is 0.174. The summed E-state index contributed by atoms with van der Waals surface area (Å²) in [4.78, 5) is 0. The average Bonchev–Trinajstić information content (AvgIpc) is 3.66. The Morgan fingerprint density at radius 3 is 1.37 bits per heavy atom. The van der Waals surface area contributed by atoms with Crippen LogP contribution in [0.4, 0.5) is 0 Å². The van der Waals surface area contributed by atoms with Crippen LogP contribution in [0.15, 0.2) is 127 Å². The highest BCUT2D eigenvalue weighted by Crippen LogP contribution is 2.40. The van der Waals surface area contributed by atoms with Gasteiger partial charge in [0.2, 0.25) is 0 Å². The van der Waals surface area contributed by atoms with Crippen LogP contribution in [0.2, 0.25) is 0 Å². The molecule has 250 valence electrons. The number of hydrogen-bond acceptors (Lipinski definition) is 4. The second-order valence-electron chi connectivity index (χ2n) is 13.7. The Balaban J connectivity index is 0.000000148. The number of fused-ring (bicyclic) bond motifs is 6. The van der Waals surface area contributed by atoms with Crippen LogP contribution in [0.25, 0.3) is 43.6 Å². The molecule has 2 aliphatic carbocycles. The molecule has 3 unspecified atom stereocenters. The maximum atomic E-state index is 11.3. The summed E-state index contributed by atoms with van der Waals surface area (Å²) in [6.07, 6.45) is 3.50. The van der Waals surface area contributed by atoms with E-state index in [0.29, 0.717) is 13.0 Å². The van der Waals surface area contributed by atoms with Crippen LogP contribution in [-0.4, -0.2) is 48.9 Å². The van der Waals surface area contributed by atoms with E-state index in [2.05, 4.69) is 94.1 Å². The Hall–Kier alpha value is -4.46. The third kappa shape index (κ3) is 5.93. The van der Waals surface area contributed by atoms with E-state index >= 15 is 0 Å². The number of aromatic nitrogens is 2. The van der Waals surface area contributed by atoms with Gasteiger partial charge in [-0.1, -0.05) is 103 Å². The number of benzene rings is 5. The van der Waals surface area contributed by atoms with Crippen molar-refractivity contribution in [2.24, 2.45) is 0 Å². The minimum absolute atomic E-state index is 0.0272. The summed E-state index contributed by atoms with van der Waals surface area (Å²) in [7, 11) is 0. The highest BCUT2D eigenvalue weighted by atomic mass is 16.5. The van der Waals surface area contributed by atoms with Crippen molar-refractivity contribution in [1.82, 2.24) is 9.13 Å². The van der Waals surface area contributed by atoms with Crippen LogP contribution >= 0.6 is 0 Å². The van der Waals surface area contributed by atoms with E-state index in [1.165, 1.54) is 32.6 Å². The fourth-order valence-corrected chi connectivity index (χ4v) is 8.39. The van der Waals surface area contributed by atoms with E-state index in [1.54, 1.807) is 0 Å². The highest BCUT2D eigenvalue weighted by Gasteiger charge is 2.35. The first kappa shape index (κ1) is 31.8. The van der Waals surface area contributed by atoms with Crippen molar-refractivity contribution >= 4 is 43.6 Å². The van der Waals surface area contributed by atoms with Crippen LogP contribution < -0.4 is 0 Å². The number of aliphatic hydroxyl groups is 3. The summed E-state index contributed by atoms with van der Waals surface area (Å²) in [5.41, 5.74) is 5.80. The van der Waals surface area contributed by atoms with Gasteiger partial charge in [0.1, 0.15) is 12.2 Å². The van der Waals surface area contributed by atoms with Crippen molar-refractivity contribution in [3.05, 3.63) is 133 Å². The van der Waals surface area contributed by atoms with Gasteiger partial charge in [-0.15, -0.1) is 0 Å². The predicted molar refractivity (Wildman–Crippen MR) is 198 cm³/mol. The van der Waals surface area contributed by atoms with Crippen molar-refractivity contribution in [3.8, 4) is 0 Å². The van der Waals surface area contributed by atoms with E-state index in [0.717, 1.165) is 48.7 Å². The summed E-state index contributed by atoms with van der Waals surface area (Å²) in [5, 5.41) is 36.6. The van der Waals surface area contributed by atoms with Gasteiger partial charge < -0.3 is 29.2 Å². The second kappa shape index (κ2) is 13.8. The first-order valence-corrected chi connectivity index (χ1v) is 17.7. The summed E-state index contributed by atoms with van der Waals surface area (Å²) >= 11 is 0. The van der Waals surface area contributed by atoms with Crippen molar-refractivity contribution in [2.75, 3.05) is 0 Å². The summed E-state index contributed by atoms with van der Waals surface area (Å²) in [6.45, 7) is 0.544.